The van der Waals surface area contributed by atoms with Crippen LogP contribution in [-0.2, 0) is 0 Å². The number of amides is 2. The molecule has 0 radical (unpaired) electrons. The summed E-state index contributed by atoms with van der Waals surface area (Å²) in [5, 5.41) is 14.5. The highest BCUT2D eigenvalue weighted by Crippen LogP contribution is 2.21. The van der Waals surface area contributed by atoms with Gasteiger partial charge in [0, 0.05) is 18.8 Å². The summed E-state index contributed by atoms with van der Waals surface area (Å²) in [5.41, 5.74) is 1.74. The minimum Gasteiger partial charge on any atom is -0.494 e. The van der Waals surface area contributed by atoms with E-state index in [1.165, 1.54) is 0 Å². The van der Waals surface area contributed by atoms with Gasteiger partial charge in [0.2, 0.25) is 0 Å². The van der Waals surface area contributed by atoms with E-state index in [0.29, 0.717) is 19.6 Å². The fourth-order valence-corrected chi connectivity index (χ4v) is 1.96. The van der Waals surface area contributed by atoms with Gasteiger partial charge in [-0.3, -0.25) is 0 Å². The van der Waals surface area contributed by atoms with Gasteiger partial charge in [-0.1, -0.05) is 20.3 Å². The van der Waals surface area contributed by atoms with Crippen LogP contribution in [0.4, 0.5) is 10.5 Å². The molecule has 0 saturated heterocycles. The minimum atomic E-state index is -0.229. The van der Waals surface area contributed by atoms with Gasteiger partial charge in [0.15, 0.2) is 0 Å². The summed E-state index contributed by atoms with van der Waals surface area (Å²) in [4.78, 5) is 11.9. The third-order valence-electron chi connectivity index (χ3n) is 3.45. The monoisotopic (exact) mass is 308 g/mol. The molecular weight excluding hydrogens is 280 g/mol. The van der Waals surface area contributed by atoms with Crippen LogP contribution < -0.4 is 15.4 Å². The first-order chi connectivity index (χ1) is 10.6. The molecule has 1 aromatic carbocycles. The number of nitrogens with one attached hydrogen (secondary N) is 2. The zero-order valence-electron chi connectivity index (χ0n) is 13.8. The lowest BCUT2D eigenvalue weighted by Gasteiger charge is -2.14. The highest BCUT2D eigenvalue weighted by Gasteiger charge is 2.07. The van der Waals surface area contributed by atoms with Crippen molar-refractivity contribution in [3.63, 3.8) is 0 Å². The van der Waals surface area contributed by atoms with Crippen molar-refractivity contribution in [3.8, 4) is 5.75 Å². The summed E-state index contributed by atoms with van der Waals surface area (Å²) < 4.78 is 5.64. The number of hydrogen-bond donors (Lipinski definition) is 3. The molecule has 1 aromatic rings. The molecule has 0 heterocycles. The molecule has 124 valence electrons. The summed E-state index contributed by atoms with van der Waals surface area (Å²) in [7, 11) is 0. The summed E-state index contributed by atoms with van der Waals surface area (Å²) in [6.45, 7) is 7.46. The van der Waals surface area contributed by atoms with E-state index >= 15 is 0 Å². The molecule has 1 rings (SSSR count). The first-order valence-corrected chi connectivity index (χ1v) is 7.96. The Morgan fingerprint density at radius 2 is 2.18 bits per heavy atom. The molecule has 0 saturated carbocycles. The number of urea groups is 1. The Balaban J connectivity index is 2.46. The van der Waals surface area contributed by atoms with Gasteiger partial charge in [0.25, 0.3) is 0 Å². The van der Waals surface area contributed by atoms with Gasteiger partial charge in [-0.2, -0.15) is 0 Å². The van der Waals surface area contributed by atoms with Crippen LogP contribution in [0.15, 0.2) is 18.2 Å². The predicted molar refractivity (Wildman–Crippen MR) is 89.5 cm³/mol. The Morgan fingerprint density at radius 1 is 1.41 bits per heavy atom. The van der Waals surface area contributed by atoms with Crippen LogP contribution in [0, 0.1) is 12.8 Å². The smallest absolute Gasteiger partial charge is 0.319 e. The zero-order chi connectivity index (χ0) is 16.4. The van der Waals surface area contributed by atoms with Crippen molar-refractivity contribution in [1.29, 1.82) is 0 Å². The number of benzene rings is 1. The van der Waals surface area contributed by atoms with Crippen molar-refractivity contribution < 1.29 is 14.6 Å². The van der Waals surface area contributed by atoms with Crippen molar-refractivity contribution in [3.05, 3.63) is 23.8 Å². The van der Waals surface area contributed by atoms with Crippen LogP contribution >= 0.6 is 0 Å². The molecule has 0 spiro atoms. The lowest BCUT2D eigenvalue weighted by molar-refractivity contribution is 0.243. The van der Waals surface area contributed by atoms with E-state index in [1.807, 2.05) is 32.0 Å². The number of rotatable bonds is 9. The van der Waals surface area contributed by atoms with E-state index in [1.54, 1.807) is 0 Å². The third-order valence-corrected chi connectivity index (χ3v) is 3.45. The number of aliphatic hydroxyl groups is 1. The Bertz CT molecular complexity index is 463. The van der Waals surface area contributed by atoms with Gasteiger partial charge in [0.1, 0.15) is 5.75 Å². The molecule has 0 aliphatic carbocycles. The van der Waals surface area contributed by atoms with E-state index < -0.39 is 0 Å². The number of unbranched alkanes of at least 4 members (excludes halogenated alkanes) is 1. The molecule has 2 amide bonds. The number of aliphatic hydroxyl groups excluding tert-OH is 1. The number of hydrogen-bond acceptors (Lipinski definition) is 3. The number of carbonyl (C=O) groups excluding carboxylic acids is 1. The molecule has 0 aromatic heterocycles. The van der Waals surface area contributed by atoms with Crippen LogP contribution in [0.3, 0.4) is 0 Å². The average molecular weight is 308 g/mol. The van der Waals surface area contributed by atoms with E-state index in [2.05, 4.69) is 17.6 Å². The Morgan fingerprint density at radius 3 is 2.82 bits per heavy atom. The van der Waals surface area contributed by atoms with Crippen molar-refractivity contribution in [2.24, 2.45) is 5.92 Å². The number of anilines is 1. The average Bonchev–Trinajstić information content (AvgIpc) is 2.48. The molecule has 3 N–H and O–H groups in total. The maximum Gasteiger partial charge on any atom is 0.319 e. The first kappa shape index (κ1) is 18.3. The maximum absolute atomic E-state index is 11.9. The quantitative estimate of drug-likeness (QED) is 0.613. The van der Waals surface area contributed by atoms with E-state index in [4.69, 9.17) is 9.84 Å². The third kappa shape index (κ3) is 6.80. The molecule has 0 aliphatic heterocycles. The normalized spacial score (nSPS) is 11.8. The van der Waals surface area contributed by atoms with E-state index in [9.17, 15) is 4.79 Å². The SMILES string of the molecule is CCCCOc1ccc(NC(=O)NCC(C)CCO)c(C)c1. The second kappa shape index (κ2) is 10.1. The summed E-state index contributed by atoms with van der Waals surface area (Å²) >= 11 is 0. The highest BCUT2D eigenvalue weighted by molar-refractivity contribution is 5.90. The Hall–Kier alpha value is -1.75. The van der Waals surface area contributed by atoms with Gasteiger partial charge in [-0.25, -0.2) is 4.79 Å². The van der Waals surface area contributed by atoms with E-state index in [-0.39, 0.29) is 18.6 Å². The first-order valence-electron chi connectivity index (χ1n) is 7.96. The summed E-state index contributed by atoms with van der Waals surface area (Å²) in [6.07, 6.45) is 2.82. The van der Waals surface area contributed by atoms with Gasteiger partial charge in [-0.05, 0) is 49.4 Å². The standard InChI is InChI=1S/C17H28N2O3/c1-4-5-10-22-15-6-7-16(14(3)11-15)19-17(21)18-12-13(2)8-9-20/h6-7,11,13,20H,4-5,8-10,12H2,1-3H3,(H2,18,19,21). The lowest BCUT2D eigenvalue weighted by Crippen LogP contribution is -2.32. The predicted octanol–water partition coefficient (Wildman–Crippen LogP) is 3.31. The maximum atomic E-state index is 11.9. The van der Waals surface area contributed by atoms with Gasteiger partial charge < -0.3 is 20.5 Å². The zero-order valence-corrected chi connectivity index (χ0v) is 13.8. The Kier molecular flexibility index (Phi) is 8.36. The van der Waals surface area contributed by atoms with Crippen LogP contribution in [0.2, 0.25) is 0 Å². The molecule has 0 bridgehead atoms. The fraction of sp³-hybridized carbons (Fsp3) is 0.588. The van der Waals surface area contributed by atoms with Crippen LogP contribution in [-0.4, -0.2) is 30.9 Å². The van der Waals surface area contributed by atoms with Crippen molar-refractivity contribution in [1.82, 2.24) is 5.32 Å². The number of ether oxygens (including phenoxy) is 1. The topological polar surface area (TPSA) is 70.6 Å². The van der Waals surface area contributed by atoms with E-state index in [0.717, 1.165) is 29.8 Å². The van der Waals surface area contributed by atoms with Crippen molar-refractivity contribution >= 4 is 11.7 Å². The molecule has 22 heavy (non-hydrogen) atoms. The lowest BCUT2D eigenvalue weighted by atomic mass is 10.1. The number of aryl methyl sites for hydroxylation is 1. The van der Waals surface area contributed by atoms with Crippen molar-refractivity contribution in [2.45, 2.75) is 40.0 Å². The molecule has 5 heteroatoms. The Labute approximate surface area is 133 Å². The second-order valence-electron chi connectivity index (χ2n) is 5.63. The fourth-order valence-electron chi connectivity index (χ4n) is 1.96. The van der Waals surface area contributed by atoms with Gasteiger partial charge in [0.05, 0.1) is 6.61 Å². The van der Waals surface area contributed by atoms with Crippen LogP contribution in [0.25, 0.3) is 0 Å². The molecular formula is C17H28N2O3. The summed E-state index contributed by atoms with van der Waals surface area (Å²) in [5.74, 6) is 1.08. The minimum absolute atomic E-state index is 0.142. The molecule has 1 atom stereocenters. The van der Waals surface area contributed by atoms with Gasteiger partial charge in [-0.15, -0.1) is 0 Å². The molecule has 0 aliphatic rings. The van der Waals surface area contributed by atoms with Gasteiger partial charge >= 0.3 is 6.03 Å². The highest BCUT2D eigenvalue weighted by atomic mass is 16.5. The largest absolute Gasteiger partial charge is 0.494 e. The van der Waals surface area contributed by atoms with Crippen LogP contribution in [0.1, 0.15) is 38.7 Å². The van der Waals surface area contributed by atoms with Crippen molar-refractivity contribution in [2.75, 3.05) is 25.1 Å². The second-order valence-corrected chi connectivity index (χ2v) is 5.63. The number of carbonyl (C=O) groups is 1. The molecule has 0 fully saturated rings. The summed E-state index contributed by atoms with van der Waals surface area (Å²) in [6, 6.07) is 5.42. The molecule has 1 unspecified atom stereocenters. The molecule has 5 nitrogen and oxygen atoms in total. The van der Waals surface area contributed by atoms with Crippen LogP contribution in [0.5, 0.6) is 5.75 Å².